The lowest BCUT2D eigenvalue weighted by molar-refractivity contribution is -0.114. The van der Waals surface area contributed by atoms with Crippen LogP contribution in [0, 0.1) is 21.0 Å². The van der Waals surface area contributed by atoms with E-state index in [-0.39, 0.29) is 9.26 Å². The molecule has 76 valence electrons. The highest BCUT2D eigenvalue weighted by Gasteiger charge is 2.17. The van der Waals surface area contributed by atoms with E-state index >= 15 is 0 Å². The summed E-state index contributed by atoms with van der Waals surface area (Å²) in [6.45, 7) is 1.19. The molecule has 0 atom stereocenters. The van der Waals surface area contributed by atoms with E-state index in [0.29, 0.717) is 0 Å². The van der Waals surface area contributed by atoms with Crippen molar-refractivity contribution in [3.63, 3.8) is 0 Å². The second-order valence-electron chi connectivity index (χ2n) is 2.53. The van der Waals surface area contributed by atoms with Gasteiger partial charge in [0.1, 0.15) is 0 Å². The van der Waals surface area contributed by atoms with Crippen LogP contribution in [0.15, 0.2) is 6.07 Å². The molecule has 0 radical (unpaired) electrons. The van der Waals surface area contributed by atoms with E-state index in [0.717, 1.165) is 6.07 Å². The lowest BCUT2D eigenvalue weighted by Gasteiger charge is -2.06. The first-order valence-corrected chi connectivity index (χ1v) is 4.62. The zero-order valence-electron chi connectivity index (χ0n) is 7.00. The number of carbonyl (C=O) groups is 1. The first-order valence-electron chi connectivity index (χ1n) is 3.54. The Labute approximate surface area is 91.6 Å². The molecule has 0 aliphatic heterocycles. The van der Waals surface area contributed by atoms with Crippen molar-refractivity contribution in [1.29, 1.82) is 0 Å². The first-order chi connectivity index (χ1) is 6.43. The fourth-order valence-electron chi connectivity index (χ4n) is 0.853. The van der Waals surface area contributed by atoms with E-state index < -0.39 is 23.4 Å². The molecule has 1 amide bonds. The Balaban J connectivity index is 3.25. The normalized spacial score (nSPS) is 10.1. The Morgan fingerprint density at radius 3 is 2.43 bits per heavy atom. The molecule has 1 aromatic carbocycles. The van der Waals surface area contributed by atoms with Crippen molar-refractivity contribution in [1.82, 2.24) is 0 Å². The molecule has 14 heavy (non-hydrogen) atoms. The maximum atomic E-state index is 12.9. The molecule has 0 aliphatic rings. The highest BCUT2D eigenvalue weighted by Crippen LogP contribution is 2.25. The Bertz CT molecular complexity index is 395. The van der Waals surface area contributed by atoms with E-state index in [9.17, 15) is 18.0 Å². The lowest BCUT2D eigenvalue weighted by atomic mass is 10.3. The number of halogens is 4. The van der Waals surface area contributed by atoms with Crippen molar-refractivity contribution in [2.24, 2.45) is 0 Å². The number of benzene rings is 1. The van der Waals surface area contributed by atoms with Gasteiger partial charge in [-0.3, -0.25) is 4.79 Å². The van der Waals surface area contributed by atoms with Gasteiger partial charge in [-0.15, -0.1) is 0 Å². The summed E-state index contributed by atoms with van der Waals surface area (Å²) in [5.41, 5.74) is -0.0745. The monoisotopic (exact) mass is 315 g/mol. The van der Waals surface area contributed by atoms with Crippen LogP contribution >= 0.6 is 22.6 Å². The van der Waals surface area contributed by atoms with E-state index in [1.54, 1.807) is 0 Å². The number of hydrogen-bond donors (Lipinski definition) is 1. The standard InChI is InChI=1S/C8H5F3INO/c1-3(14)13-5-2-4(9)6(10)7(11)8(5)12/h2H,1H3,(H,13,14). The zero-order valence-corrected chi connectivity index (χ0v) is 9.15. The molecule has 0 saturated heterocycles. The number of amides is 1. The van der Waals surface area contributed by atoms with Crippen molar-refractivity contribution in [3.05, 3.63) is 27.1 Å². The molecule has 0 bridgehead atoms. The first kappa shape index (κ1) is 11.3. The van der Waals surface area contributed by atoms with Gasteiger partial charge in [0, 0.05) is 13.0 Å². The van der Waals surface area contributed by atoms with Gasteiger partial charge < -0.3 is 5.32 Å². The third-order valence-electron chi connectivity index (χ3n) is 1.41. The minimum absolute atomic E-state index is 0.0745. The van der Waals surface area contributed by atoms with Crippen molar-refractivity contribution < 1.29 is 18.0 Å². The summed E-state index contributed by atoms with van der Waals surface area (Å²) in [5.74, 6) is -4.64. The van der Waals surface area contributed by atoms with E-state index in [4.69, 9.17) is 0 Å². The topological polar surface area (TPSA) is 29.1 Å². The zero-order chi connectivity index (χ0) is 10.9. The number of rotatable bonds is 1. The third-order valence-corrected chi connectivity index (χ3v) is 2.47. The number of nitrogens with one attached hydrogen (secondary N) is 1. The van der Waals surface area contributed by atoms with Gasteiger partial charge in [0.2, 0.25) is 5.91 Å². The summed E-state index contributed by atoms with van der Waals surface area (Å²) in [6.07, 6.45) is 0. The average Bonchev–Trinajstić information content (AvgIpc) is 2.10. The van der Waals surface area contributed by atoms with Gasteiger partial charge in [-0.05, 0) is 22.6 Å². The number of carbonyl (C=O) groups excluding carboxylic acids is 1. The summed E-state index contributed by atoms with van der Waals surface area (Å²) in [4.78, 5) is 10.6. The molecular weight excluding hydrogens is 310 g/mol. The van der Waals surface area contributed by atoms with Gasteiger partial charge >= 0.3 is 0 Å². The predicted octanol–water partition coefficient (Wildman–Crippen LogP) is 2.67. The van der Waals surface area contributed by atoms with Crippen LogP contribution in [0.1, 0.15) is 6.92 Å². The Kier molecular flexibility index (Phi) is 3.35. The molecule has 0 fully saturated rings. The quantitative estimate of drug-likeness (QED) is 0.482. The molecule has 0 aromatic heterocycles. The molecule has 2 nitrogen and oxygen atoms in total. The third kappa shape index (κ3) is 2.17. The molecule has 1 rings (SSSR count). The second kappa shape index (κ2) is 4.16. The summed E-state index contributed by atoms with van der Waals surface area (Å²) in [6, 6.07) is 0.738. The predicted molar refractivity (Wildman–Crippen MR) is 53.3 cm³/mol. The number of anilines is 1. The summed E-state index contributed by atoms with van der Waals surface area (Å²) in [7, 11) is 0. The van der Waals surface area contributed by atoms with Crippen molar-refractivity contribution in [2.75, 3.05) is 5.32 Å². The maximum absolute atomic E-state index is 12.9. The van der Waals surface area contributed by atoms with Gasteiger partial charge in [0.05, 0.1) is 9.26 Å². The molecule has 1 N–H and O–H groups in total. The lowest BCUT2D eigenvalue weighted by Crippen LogP contribution is -2.09. The van der Waals surface area contributed by atoms with Gasteiger partial charge in [-0.25, -0.2) is 13.2 Å². The van der Waals surface area contributed by atoms with Gasteiger partial charge in [0.15, 0.2) is 17.5 Å². The SMILES string of the molecule is CC(=O)Nc1cc(F)c(F)c(F)c1I. The fraction of sp³-hybridized carbons (Fsp3) is 0.125. The average molecular weight is 315 g/mol. The summed E-state index contributed by atoms with van der Waals surface area (Å²) in [5, 5.41) is 2.19. The molecule has 0 aliphatic carbocycles. The van der Waals surface area contributed by atoms with Crippen molar-refractivity contribution in [3.8, 4) is 0 Å². The Morgan fingerprint density at radius 2 is 1.93 bits per heavy atom. The maximum Gasteiger partial charge on any atom is 0.221 e. The van der Waals surface area contributed by atoms with Crippen LogP contribution in [0.5, 0.6) is 0 Å². The molecular formula is C8H5F3INO. The smallest absolute Gasteiger partial charge is 0.221 e. The Morgan fingerprint density at radius 1 is 1.36 bits per heavy atom. The number of hydrogen-bond acceptors (Lipinski definition) is 1. The highest BCUT2D eigenvalue weighted by atomic mass is 127. The summed E-state index contributed by atoms with van der Waals surface area (Å²) >= 11 is 1.48. The van der Waals surface area contributed by atoms with Crippen LogP contribution in [-0.4, -0.2) is 5.91 Å². The van der Waals surface area contributed by atoms with Crippen LogP contribution in [0.3, 0.4) is 0 Å². The largest absolute Gasteiger partial charge is 0.325 e. The van der Waals surface area contributed by atoms with E-state index in [1.807, 2.05) is 0 Å². The van der Waals surface area contributed by atoms with E-state index in [2.05, 4.69) is 5.32 Å². The molecule has 6 heteroatoms. The summed E-state index contributed by atoms with van der Waals surface area (Å²) < 4.78 is 38.1. The van der Waals surface area contributed by atoms with Crippen molar-refractivity contribution >= 4 is 34.2 Å². The minimum Gasteiger partial charge on any atom is -0.325 e. The Hall–Kier alpha value is -0.790. The van der Waals surface area contributed by atoms with E-state index in [1.165, 1.54) is 29.5 Å². The van der Waals surface area contributed by atoms with Crippen LogP contribution in [0.2, 0.25) is 0 Å². The van der Waals surface area contributed by atoms with Crippen LogP contribution in [0.25, 0.3) is 0 Å². The van der Waals surface area contributed by atoms with Crippen LogP contribution < -0.4 is 5.32 Å². The molecule has 0 spiro atoms. The van der Waals surface area contributed by atoms with Gasteiger partial charge in [0.25, 0.3) is 0 Å². The minimum atomic E-state index is -1.54. The van der Waals surface area contributed by atoms with Gasteiger partial charge in [-0.2, -0.15) is 0 Å². The highest BCUT2D eigenvalue weighted by molar-refractivity contribution is 14.1. The van der Waals surface area contributed by atoms with Crippen LogP contribution in [-0.2, 0) is 4.79 Å². The molecule has 1 aromatic rings. The molecule has 0 heterocycles. The van der Waals surface area contributed by atoms with Crippen molar-refractivity contribution in [2.45, 2.75) is 6.92 Å². The fourth-order valence-corrected chi connectivity index (χ4v) is 1.38. The molecule has 0 saturated carbocycles. The molecule has 0 unspecified atom stereocenters. The van der Waals surface area contributed by atoms with Crippen LogP contribution in [0.4, 0.5) is 18.9 Å². The van der Waals surface area contributed by atoms with Gasteiger partial charge in [-0.1, -0.05) is 0 Å². The second-order valence-corrected chi connectivity index (χ2v) is 3.61.